The van der Waals surface area contributed by atoms with Crippen molar-refractivity contribution in [3.8, 4) is 5.75 Å². The molecule has 0 unspecified atom stereocenters. The largest absolute Gasteiger partial charge is 0.462 e. The molecule has 0 radical (unpaired) electrons. The van der Waals surface area contributed by atoms with Crippen LogP contribution in [0.1, 0.15) is 0 Å². The highest BCUT2D eigenvalue weighted by Gasteiger charge is 2.53. The van der Waals surface area contributed by atoms with Crippen molar-refractivity contribution < 1.29 is 84.4 Å². The molecule has 0 saturated carbocycles. The summed E-state index contributed by atoms with van der Waals surface area (Å²) in [6, 6.07) is 4.72. The van der Waals surface area contributed by atoms with Gasteiger partial charge in [0.05, 0.1) is 24.7 Å². The monoisotopic (exact) mass is 625 g/mol. The fourth-order valence-electron chi connectivity index (χ4n) is 4.92. The Hall–Kier alpha value is -2.18. The van der Waals surface area contributed by atoms with Crippen LogP contribution in [0.15, 0.2) is 24.3 Å². The molecule has 15 atom stereocenters. The zero-order valence-electron chi connectivity index (χ0n) is 22.3. The fourth-order valence-corrected chi connectivity index (χ4v) is 4.92. The number of ether oxygens (including phenoxy) is 6. The Morgan fingerprint density at radius 3 is 1.49 bits per heavy atom. The summed E-state index contributed by atoms with van der Waals surface area (Å²) in [6.07, 6.45) is -25.4. The summed E-state index contributed by atoms with van der Waals surface area (Å²) >= 11 is 0. The van der Waals surface area contributed by atoms with Gasteiger partial charge in [0.25, 0.3) is 5.69 Å². The second kappa shape index (κ2) is 14.3. The van der Waals surface area contributed by atoms with Crippen LogP contribution in [-0.2, 0) is 23.7 Å². The fraction of sp³-hybridized carbons (Fsp3) is 0.750. The lowest BCUT2D eigenvalue weighted by molar-refractivity contribution is -0.384. The van der Waals surface area contributed by atoms with Crippen LogP contribution in [0.5, 0.6) is 5.75 Å². The first-order chi connectivity index (χ1) is 20.4. The van der Waals surface area contributed by atoms with Crippen LogP contribution in [0.3, 0.4) is 0 Å². The molecule has 0 amide bonds. The van der Waals surface area contributed by atoms with E-state index in [-0.39, 0.29) is 11.4 Å². The molecule has 0 aliphatic carbocycles. The normalized spacial score (nSPS) is 43.7. The molecule has 3 saturated heterocycles. The van der Waals surface area contributed by atoms with Crippen molar-refractivity contribution >= 4 is 5.69 Å². The molecule has 244 valence electrons. The minimum atomic E-state index is -1.96. The van der Waals surface area contributed by atoms with Crippen LogP contribution in [0, 0.1) is 10.1 Å². The molecule has 3 aliphatic rings. The molecule has 1 aromatic carbocycles. The smallest absolute Gasteiger partial charge is 0.269 e. The van der Waals surface area contributed by atoms with E-state index in [1.54, 1.807) is 0 Å². The quantitative estimate of drug-likeness (QED) is 0.0856. The first kappa shape index (κ1) is 33.7. The summed E-state index contributed by atoms with van der Waals surface area (Å²) in [7, 11) is 0. The van der Waals surface area contributed by atoms with E-state index in [1.165, 1.54) is 12.1 Å². The molecule has 3 heterocycles. The molecule has 3 fully saturated rings. The van der Waals surface area contributed by atoms with Crippen molar-refractivity contribution in [2.75, 3.05) is 19.8 Å². The van der Waals surface area contributed by atoms with E-state index in [0.717, 1.165) is 12.1 Å². The first-order valence-electron chi connectivity index (χ1n) is 13.2. The summed E-state index contributed by atoms with van der Waals surface area (Å²) in [5, 5.41) is 113. The van der Waals surface area contributed by atoms with Gasteiger partial charge in [-0.2, -0.15) is 0 Å². The van der Waals surface area contributed by atoms with Crippen molar-refractivity contribution in [2.24, 2.45) is 0 Å². The van der Waals surface area contributed by atoms with E-state index in [2.05, 4.69) is 0 Å². The number of non-ortho nitro benzene ring substituents is 1. The van der Waals surface area contributed by atoms with Crippen LogP contribution in [0.2, 0.25) is 0 Å². The van der Waals surface area contributed by atoms with Gasteiger partial charge in [0.15, 0.2) is 12.6 Å². The second-order valence-electron chi connectivity index (χ2n) is 10.2. The number of nitro groups is 1. The molecular formula is C24H35NO18. The average Bonchev–Trinajstić information content (AvgIpc) is 3.00. The third-order valence-electron chi connectivity index (χ3n) is 7.37. The summed E-state index contributed by atoms with van der Waals surface area (Å²) < 4.78 is 32.8. The van der Waals surface area contributed by atoms with E-state index in [1.807, 2.05) is 0 Å². The lowest BCUT2D eigenvalue weighted by Gasteiger charge is -2.48. The SMILES string of the molecule is O=[N+]([O-])c1ccc(O[C@H]2O[C@@H](CO)[C@H](O[C@@H]3O[C@H](CO)[C@@H](O[C@@H]4O[C@H](CO)[C@@H](O)[C@@H](O)[C@@H]4O)[C@H](O)[C@@H]3O)[C@@H](O)[C@@H]2O)cc1. The lowest BCUT2D eigenvalue weighted by Crippen LogP contribution is -2.66. The van der Waals surface area contributed by atoms with Gasteiger partial charge in [-0.05, 0) is 12.1 Å². The van der Waals surface area contributed by atoms with E-state index < -0.39 is 117 Å². The number of hydrogen-bond donors (Lipinski definition) is 10. The van der Waals surface area contributed by atoms with Crippen molar-refractivity contribution in [3.05, 3.63) is 34.4 Å². The predicted molar refractivity (Wildman–Crippen MR) is 133 cm³/mol. The molecule has 19 nitrogen and oxygen atoms in total. The number of benzene rings is 1. The first-order valence-corrected chi connectivity index (χ1v) is 13.2. The Kier molecular flexibility index (Phi) is 11.2. The molecule has 3 aliphatic heterocycles. The minimum Gasteiger partial charge on any atom is -0.462 e. The van der Waals surface area contributed by atoms with Gasteiger partial charge in [-0.3, -0.25) is 10.1 Å². The lowest BCUT2D eigenvalue weighted by atomic mass is 9.96. The molecule has 10 N–H and O–H groups in total. The van der Waals surface area contributed by atoms with E-state index in [0.29, 0.717) is 0 Å². The van der Waals surface area contributed by atoms with E-state index in [4.69, 9.17) is 28.4 Å². The molecule has 0 bridgehead atoms. The van der Waals surface area contributed by atoms with E-state index >= 15 is 0 Å². The summed E-state index contributed by atoms with van der Waals surface area (Å²) in [5.41, 5.74) is -0.227. The average molecular weight is 626 g/mol. The Morgan fingerprint density at radius 1 is 0.605 bits per heavy atom. The molecule has 0 aromatic heterocycles. The van der Waals surface area contributed by atoms with E-state index in [9.17, 15) is 61.2 Å². The van der Waals surface area contributed by atoms with Crippen molar-refractivity contribution in [3.63, 3.8) is 0 Å². The third kappa shape index (κ3) is 7.06. The maximum absolute atomic E-state index is 10.8. The third-order valence-corrected chi connectivity index (χ3v) is 7.37. The topological polar surface area (TPSA) is 301 Å². The number of nitro benzene ring substituents is 1. The molecular weight excluding hydrogens is 590 g/mol. The highest BCUT2D eigenvalue weighted by molar-refractivity contribution is 5.36. The van der Waals surface area contributed by atoms with Gasteiger partial charge in [0.1, 0.15) is 79.0 Å². The molecule has 4 rings (SSSR count). The molecule has 19 heteroatoms. The molecule has 1 aromatic rings. The van der Waals surface area contributed by atoms with Crippen LogP contribution < -0.4 is 4.74 Å². The van der Waals surface area contributed by atoms with Crippen LogP contribution >= 0.6 is 0 Å². The van der Waals surface area contributed by atoms with Gasteiger partial charge in [-0.1, -0.05) is 0 Å². The molecule has 43 heavy (non-hydrogen) atoms. The van der Waals surface area contributed by atoms with Gasteiger partial charge >= 0.3 is 0 Å². The standard InChI is InChI=1S/C24H35NO18/c26-5-10-13(29)14(30)17(33)23(39-10)42-21-12(7-28)41-24(19(35)16(21)32)43-20-11(6-27)40-22(18(34)15(20)31)38-9-3-1-8(2-4-9)25(36)37/h1-4,10-24,26-35H,5-7H2/t10-,11+,12-,13-,14-,15+,16-,17+,18+,19+,20+,21-,22+,23+,24+/m1/s1. The van der Waals surface area contributed by atoms with Crippen LogP contribution in [0.4, 0.5) is 5.69 Å². The van der Waals surface area contributed by atoms with Gasteiger partial charge in [0.2, 0.25) is 6.29 Å². The predicted octanol–water partition coefficient (Wildman–Crippen LogP) is -5.58. The highest BCUT2D eigenvalue weighted by atomic mass is 16.8. The van der Waals surface area contributed by atoms with Gasteiger partial charge < -0.3 is 79.5 Å². The number of nitrogens with zero attached hydrogens (tertiary/aromatic N) is 1. The maximum Gasteiger partial charge on any atom is 0.269 e. The summed E-state index contributed by atoms with van der Waals surface area (Å²) in [5.74, 6) is 0.0308. The Balaban J connectivity index is 1.42. The highest BCUT2D eigenvalue weighted by Crippen LogP contribution is 2.33. The Bertz CT molecular complexity index is 1040. The van der Waals surface area contributed by atoms with Crippen molar-refractivity contribution in [2.45, 2.75) is 92.1 Å². The Labute approximate surface area is 242 Å². The van der Waals surface area contributed by atoms with Crippen LogP contribution in [0.25, 0.3) is 0 Å². The molecule has 0 spiro atoms. The van der Waals surface area contributed by atoms with Gasteiger partial charge in [-0.25, -0.2) is 0 Å². The second-order valence-corrected chi connectivity index (χ2v) is 10.2. The van der Waals surface area contributed by atoms with Crippen molar-refractivity contribution in [1.82, 2.24) is 0 Å². The van der Waals surface area contributed by atoms with Gasteiger partial charge in [-0.15, -0.1) is 0 Å². The summed E-state index contributed by atoms with van der Waals surface area (Å²) in [4.78, 5) is 10.2. The van der Waals surface area contributed by atoms with Crippen LogP contribution in [-0.4, -0.2) is 168 Å². The maximum atomic E-state index is 10.8. The van der Waals surface area contributed by atoms with Crippen molar-refractivity contribution in [1.29, 1.82) is 0 Å². The zero-order chi connectivity index (χ0) is 31.6. The Morgan fingerprint density at radius 2 is 1.02 bits per heavy atom. The number of rotatable bonds is 10. The summed E-state index contributed by atoms with van der Waals surface area (Å²) in [6.45, 7) is -2.42. The number of aliphatic hydroxyl groups excluding tert-OH is 10. The van der Waals surface area contributed by atoms with Gasteiger partial charge in [0, 0.05) is 12.1 Å². The zero-order valence-corrected chi connectivity index (χ0v) is 22.3. The minimum absolute atomic E-state index is 0.0308. The number of aliphatic hydroxyl groups is 10. The number of hydrogen-bond acceptors (Lipinski definition) is 18.